The van der Waals surface area contributed by atoms with E-state index in [1.807, 2.05) is 48.5 Å². The molecule has 0 unspecified atom stereocenters. The van der Waals surface area contributed by atoms with Crippen molar-refractivity contribution in [2.24, 2.45) is 0 Å². The van der Waals surface area contributed by atoms with Gasteiger partial charge in [0.15, 0.2) is 0 Å². The van der Waals surface area contributed by atoms with Crippen LogP contribution in [0, 0.1) is 11.3 Å². The maximum absolute atomic E-state index is 12.7. The summed E-state index contributed by atoms with van der Waals surface area (Å²) in [4.78, 5) is 15.0. The van der Waals surface area contributed by atoms with Gasteiger partial charge in [-0.05, 0) is 29.3 Å². The Balaban J connectivity index is 1.70. The minimum atomic E-state index is -0.114. The van der Waals surface area contributed by atoms with Gasteiger partial charge >= 0.3 is 0 Å². The van der Waals surface area contributed by atoms with E-state index < -0.39 is 0 Å². The highest BCUT2D eigenvalue weighted by atomic mass is 16.5. The molecular formula is C20H21N3O2. The Hall–Kier alpha value is -2.68. The molecular weight excluding hydrogens is 314 g/mol. The molecule has 25 heavy (non-hydrogen) atoms. The number of nitrogens with zero attached hydrogens (tertiary/aromatic N) is 2. The molecule has 0 atom stereocenters. The van der Waals surface area contributed by atoms with Gasteiger partial charge in [-0.2, -0.15) is 5.26 Å². The zero-order valence-electron chi connectivity index (χ0n) is 14.1. The van der Waals surface area contributed by atoms with Gasteiger partial charge in [0.25, 0.3) is 5.91 Å². The van der Waals surface area contributed by atoms with Crippen molar-refractivity contribution in [1.29, 1.82) is 5.26 Å². The summed E-state index contributed by atoms with van der Waals surface area (Å²) in [7, 11) is 0. The molecule has 0 aromatic heterocycles. The van der Waals surface area contributed by atoms with Crippen molar-refractivity contribution in [3.05, 3.63) is 65.2 Å². The zero-order valence-corrected chi connectivity index (χ0v) is 14.1. The molecule has 3 rings (SSSR count). The van der Waals surface area contributed by atoms with Crippen LogP contribution in [0.1, 0.15) is 21.5 Å². The predicted molar refractivity (Wildman–Crippen MR) is 96.3 cm³/mol. The number of amides is 1. The number of carbonyl (C=O) groups is 1. The number of ether oxygens (including phenoxy) is 1. The Morgan fingerprint density at radius 1 is 1.12 bits per heavy atom. The first kappa shape index (κ1) is 17.2. The van der Waals surface area contributed by atoms with Crippen LogP contribution in [0.15, 0.2) is 48.5 Å². The number of nitriles is 1. The number of rotatable bonds is 5. The van der Waals surface area contributed by atoms with Crippen molar-refractivity contribution >= 4 is 11.6 Å². The molecule has 1 aliphatic rings. The SMILES string of the molecule is N#CCc1ccc(NC(=O)c2ccccc2CN2CCOCC2)cc1. The Morgan fingerprint density at radius 3 is 2.56 bits per heavy atom. The number of benzene rings is 2. The van der Waals surface area contributed by atoms with E-state index >= 15 is 0 Å². The highest BCUT2D eigenvalue weighted by Gasteiger charge is 2.16. The highest BCUT2D eigenvalue weighted by molar-refractivity contribution is 6.05. The van der Waals surface area contributed by atoms with Crippen LogP contribution >= 0.6 is 0 Å². The highest BCUT2D eigenvalue weighted by Crippen LogP contribution is 2.16. The van der Waals surface area contributed by atoms with Crippen LogP contribution < -0.4 is 5.32 Å². The van der Waals surface area contributed by atoms with E-state index in [0.29, 0.717) is 12.0 Å². The van der Waals surface area contributed by atoms with E-state index in [-0.39, 0.29) is 5.91 Å². The monoisotopic (exact) mass is 335 g/mol. The first-order chi connectivity index (χ1) is 12.3. The Kier molecular flexibility index (Phi) is 5.78. The largest absolute Gasteiger partial charge is 0.379 e. The lowest BCUT2D eigenvalue weighted by atomic mass is 10.1. The summed E-state index contributed by atoms with van der Waals surface area (Å²) in [6.07, 6.45) is 0.372. The van der Waals surface area contributed by atoms with Crippen molar-refractivity contribution in [1.82, 2.24) is 4.90 Å². The van der Waals surface area contributed by atoms with Crippen LogP contribution in [0.2, 0.25) is 0 Å². The molecule has 1 heterocycles. The van der Waals surface area contributed by atoms with Crippen molar-refractivity contribution in [3.63, 3.8) is 0 Å². The molecule has 5 nitrogen and oxygen atoms in total. The van der Waals surface area contributed by atoms with E-state index in [4.69, 9.17) is 10.00 Å². The van der Waals surface area contributed by atoms with Gasteiger partial charge in [0.1, 0.15) is 0 Å². The summed E-state index contributed by atoms with van der Waals surface area (Å²) in [6, 6.07) is 17.2. The fourth-order valence-electron chi connectivity index (χ4n) is 2.88. The summed E-state index contributed by atoms with van der Waals surface area (Å²) in [5, 5.41) is 11.7. The smallest absolute Gasteiger partial charge is 0.255 e. The number of carbonyl (C=O) groups excluding carboxylic acids is 1. The first-order valence-electron chi connectivity index (χ1n) is 8.41. The Labute approximate surface area is 147 Å². The van der Waals surface area contributed by atoms with Crippen LogP contribution in [-0.2, 0) is 17.7 Å². The molecule has 1 fully saturated rings. The van der Waals surface area contributed by atoms with E-state index in [9.17, 15) is 4.79 Å². The average molecular weight is 335 g/mol. The third kappa shape index (κ3) is 4.66. The van der Waals surface area contributed by atoms with Crippen molar-refractivity contribution in [2.45, 2.75) is 13.0 Å². The van der Waals surface area contributed by atoms with Crippen molar-refractivity contribution < 1.29 is 9.53 Å². The van der Waals surface area contributed by atoms with Gasteiger partial charge in [-0.1, -0.05) is 30.3 Å². The molecule has 0 saturated carbocycles. The van der Waals surface area contributed by atoms with Crippen LogP contribution in [-0.4, -0.2) is 37.1 Å². The molecule has 2 aromatic carbocycles. The van der Waals surface area contributed by atoms with Gasteiger partial charge in [0.2, 0.25) is 0 Å². The van der Waals surface area contributed by atoms with Gasteiger partial charge < -0.3 is 10.1 Å². The van der Waals surface area contributed by atoms with Gasteiger partial charge in [-0.3, -0.25) is 9.69 Å². The third-order valence-corrected chi connectivity index (χ3v) is 4.25. The molecule has 1 N–H and O–H groups in total. The predicted octanol–water partition coefficient (Wildman–Crippen LogP) is 2.84. The number of hydrogen-bond donors (Lipinski definition) is 1. The van der Waals surface area contributed by atoms with Crippen LogP contribution in [0.25, 0.3) is 0 Å². The van der Waals surface area contributed by atoms with E-state index in [0.717, 1.165) is 49.7 Å². The van der Waals surface area contributed by atoms with Gasteiger partial charge in [0, 0.05) is 30.9 Å². The van der Waals surface area contributed by atoms with Gasteiger partial charge in [-0.25, -0.2) is 0 Å². The normalized spacial score (nSPS) is 14.7. The number of hydrogen-bond acceptors (Lipinski definition) is 4. The van der Waals surface area contributed by atoms with Crippen molar-refractivity contribution in [3.8, 4) is 6.07 Å². The summed E-state index contributed by atoms with van der Waals surface area (Å²) in [5.74, 6) is -0.114. The Bertz CT molecular complexity index is 759. The summed E-state index contributed by atoms with van der Waals surface area (Å²) < 4.78 is 5.38. The lowest BCUT2D eigenvalue weighted by molar-refractivity contribution is 0.0341. The number of morpholine rings is 1. The van der Waals surface area contributed by atoms with Crippen LogP contribution in [0.3, 0.4) is 0 Å². The maximum Gasteiger partial charge on any atom is 0.255 e. The van der Waals surface area contributed by atoms with Crippen LogP contribution in [0.4, 0.5) is 5.69 Å². The maximum atomic E-state index is 12.7. The summed E-state index contributed by atoms with van der Waals surface area (Å²) in [5.41, 5.74) is 3.37. The summed E-state index contributed by atoms with van der Waals surface area (Å²) in [6.45, 7) is 3.99. The average Bonchev–Trinajstić information content (AvgIpc) is 2.65. The molecule has 1 saturated heterocycles. The van der Waals surface area contributed by atoms with E-state index in [2.05, 4.69) is 16.3 Å². The molecule has 0 radical (unpaired) electrons. The van der Waals surface area contributed by atoms with Gasteiger partial charge in [0.05, 0.1) is 25.7 Å². The molecule has 128 valence electrons. The minimum absolute atomic E-state index is 0.114. The molecule has 1 aliphatic heterocycles. The number of anilines is 1. The second-order valence-corrected chi connectivity index (χ2v) is 6.03. The third-order valence-electron chi connectivity index (χ3n) is 4.25. The quantitative estimate of drug-likeness (QED) is 0.912. The van der Waals surface area contributed by atoms with E-state index in [1.54, 1.807) is 0 Å². The second kappa shape index (κ2) is 8.43. The molecule has 1 amide bonds. The Morgan fingerprint density at radius 2 is 1.84 bits per heavy atom. The first-order valence-corrected chi connectivity index (χ1v) is 8.41. The van der Waals surface area contributed by atoms with Crippen molar-refractivity contribution in [2.75, 3.05) is 31.6 Å². The van der Waals surface area contributed by atoms with E-state index in [1.165, 1.54) is 0 Å². The fraction of sp³-hybridized carbons (Fsp3) is 0.300. The lowest BCUT2D eigenvalue weighted by Crippen LogP contribution is -2.36. The fourth-order valence-corrected chi connectivity index (χ4v) is 2.88. The molecule has 0 aliphatic carbocycles. The standard InChI is InChI=1S/C20H21N3O2/c21-10-9-16-5-7-18(8-6-16)22-20(24)19-4-2-1-3-17(19)15-23-11-13-25-14-12-23/h1-8H,9,11-15H2,(H,22,24). The number of nitrogens with one attached hydrogen (secondary N) is 1. The van der Waals surface area contributed by atoms with Gasteiger partial charge in [-0.15, -0.1) is 0 Å². The van der Waals surface area contributed by atoms with Crippen LogP contribution in [0.5, 0.6) is 0 Å². The molecule has 2 aromatic rings. The minimum Gasteiger partial charge on any atom is -0.379 e. The lowest BCUT2D eigenvalue weighted by Gasteiger charge is -2.27. The summed E-state index contributed by atoms with van der Waals surface area (Å²) >= 11 is 0. The molecule has 0 bridgehead atoms. The molecule has 5 heteroatoms. The molecule has 0 spiro atoms. The second-order valence-electron chi connectivity index (χ2n) is 6.03. The zero-order chi connectivity index (χ0) is 17.5. The topological polar surface area (TPSA) is 65.4 Å².